The highest BCUT2D eigenvalue weighted by molar-refractivity contribution is 4.88. The Morgan fingerprint density at radius 1 is 1.00 bits per heavy atom. The quantitative estimate of drug-likeness (QED) is 0.566. The first-order chi connectivity index (χ1) is 7.33. The predicted molar refractivity (Wildman–Crippen MR) is 68.2 cm³/mol. The van der Waals surface area contributed by atoms with Crippen molar-refractivity contribution in [3.8, 4) is 0 Å². The summed E-state index contributed by atoms with van der Waals surface area (Å²) in [7, 11) is 2.10. The van der Waals surface area contributed by atoms with E-state index in [1.54, 1.807) is 0 Å². The van der Waals surface area contributed by atoms with Crippen LogP contribution in [0, 0.1) is 5.41 Å². The molecule has 0 aromatic carbocycles. The molecule has 1 rings (SSSR count). The summed E-state index contributed by atoms with van der Waals surface area (Å²) < 4.78 is 0. The number of nitrogens with one attached hydrogen (secondary N) is 1. The molecule has 0 aliphatic heterocycles. The molecule has 0 spiro atoms. The lowest BCUT2D eigenvalue weighted by atomic mass is 9.66. The van der Waals surface area contributed by atoms with Gasteiger partial charge in [-0.1, -0.05) is 51.9 Å². The van der Waals surface area contributed by atoms with Crippen LogP contribution in [0.1, 0.15) is 71.1 Å². The number of hydrogen-bond donors (Lipinski definition) is 1. The summed E-state index contributed by atoms with van der Waals surface area (Å²) in [4.78, 5) is 0. The van der Waals surface area contributed by atoms with Crippen molar-refractivity contribution >= 4 is 0 Å². The molecular formula is C14H29N. The smallest absolute Gasteiger partial charge is 0.000480 e. The van der Waals surface area contributed by atoms with Crippen molar-refractivity contribution in [1.29, 1.82) is 0 Å². The second-order valence-corrected chi connectivity index (χ2v) is 5.40. The molecule has 1 N–H and O–H groups in total. The molecule has 90 valence electrons. The van der Waals surface area contributed by atoms with E-state index in [0.717, 1.165) is 0 Å². The Morgan fingerprint density at radius 3 is 2.20 bits per heavy atom. The topological polar surface area (TPSA) is 12.0 Å². The molecule has 0 bridgehead atoms. The first-order valence-electron chi connectivity index (χ1n) is 6.97. The Balaban J connectivity index is 1.98. The van der Waals surface area contributed by atoms with Crippen molar-refractivity contribution < 1.29 is 0 Å². The summed E-state index contributed by atoms with van der Waals surface area (Å²) in [6.07, 6.45) is 14.5. The first kappa shape index (κ1) is 13.0. The molecule has 1 aliphatic rings. The lowest BCUT2D eigenvalue weighted by Gasteiger charge is -2.42. The van der Waals surface area contributed by atoms with Crippen LogP contribution in [0.4, 0.5) is 0 Å². The van der Waals surface area contributed by atoms with Gasteiger partial charge in [0.25, 0.3) is 0 Å². The second kappa shape index (κ2) is 7.27. The Hall–Kier alpha value is -0.0400. The Bertz CT molecular complexity index is 149. The van der Waals surface area contributed by atoms with Crippen LogP contribution in [0.25, 0.3) is 0 Å². The Morgan fingerprint density at radius 2 is 1.67 bits per heavy atom. The number of unbranched alkanes of at least 4 members (excludes halogenated alkanes) is 5. The molecule has 0 aromatic heterocycles. The minimum absolute atomic E-state index is 0.708. The summed E-state index contributed by atoms with van der Waals surface area (Å²) in [5, 5.41) is 3.37. The van der Waals surface area contributed by atoms with Gasteiger partial charge in [-0.3, -0.25) is 0 Å². The minimum Gasteiger partial charge on any atom is -0.319 e. The van der Waals surface area contributed by atoms with E-state index in [9.17, 15) is 0 Å². The molecule has 0 amide bonds. The fourth-order valence-electron chi connectivity index (χ4n) is 2.85. The van der Waals surface area contributed by atoms with Crippen LogP contribution in [0.5, 0.6) is 0 Å². The van der Waals surface area contributed by atoms with Gasteiger partial charge in [0, 0.05) is 6.54 Å². The average molecular weight is 211 g/mol. The largest absolute Gasteiger partial charge is 0.319 e. The molecule has 1 aliphatic carbocycles. The van der Waals surface area contributed by atoms with E-state index >= 15 is 0 Å². The maximum atomic E-state index is 3.37. The van der Waals surface area contributed by atoms with Crippen LogP contribution >= 0.6 is 0 Å². The molecule has 1 saturated carbocycles. The molecule has 1 heteroatoms. The van der Waals surface area contributed by atoms with Gasteiger partial charge in [-0.15, -0.1) is 0 Å². The second-order valence-electron chi connectivity index (χ2n) is 5.40. The molecule has 1 fully saturated rings. The van der Waals surface area contributed by atoms with E-state index in [1.165, 1.54) is 70.8 Å². The van der Waals surface area contributed by atoms with Crippen molar-refractivity contribution in [2.24, 2.45) is 5.41 Å². The van der Waals surface area contributed by atoms with Crippen molar-refractivity contribution in [3.63, 3.8) is 0 Å². The van der Waals surface area contributed by atoms with Gasteiger partial charge in [-0.2, -0.15) is 0 Å². The van der Waals surface area contributed by atoms with E-state index in [-0.39, 0.29) is 0 Å². The van der Waals surface area contributed by atoms with Crippen LogP contribution in [0.15, 0.2) is 0 Å². The first-order valence-corrected chi connectivity index (χ1v) is 6.97. The van der Waals surface area contributed by atoms with E-state index in [1.807, 2.05) is 0 Å². The lowest BCUT2D eigenvalue weighted by Crippen LogP contribution is -2.38. The van der Waals surface area contributed by atoms with Gasteiger partial charge in [0.15, 0.2) is 0 Å². The molecule has 0 atom stereocenters. The van der Waals surface area contributed by atoms with Crippen LogP contribution in [0.2, 0.25) is 0 Å². The van der Waals surface area contributed by atoms with Gasteiger partial charge in [-0.05, 0) is 31.7 Å². The van der Waals surface area contributed by atoms with E-state index in [4.69, 9.17) is 0 Å². The van der Waals surface area contributed by atoms with Crippen molar-refractivity contribution in [3.05, 3.63) is 0 Å². The van der Waals surface area contributed by atoms with Crippen molar-refractivity contribution in [1.82, 2.24) is 5.32 Å². The average Bonchev–Trinajstić information content (AvgIpc) is 2.19. The lowest BCUT2D eigenvalue weighted by molar-refractivity contribution is 0.115. The maximum absolute atomic E-state index is 3.37. The predicted octanol–water partition coefficient (Wildman–Crippen LogP) is 4.13. The molecule has 0 aromatic rings. The van der Waals surface area contributed by atoms with Gasteiger partial charge in [0.1, 0.15) is 0 Å². The molecule has 0 heterocycles. The van der Waals surface area contributed by atoms with E-state index < -0.39 is 0 Å². The highest BCUT2D eigenvalue weighted by Gasteiger charge is 2.35. The maximum Gasteiger partial charge on any atom is 0.000480 e. The van der Waals surface area contributed by atoms with Crippen LogP contribution in [-0.2, 0) is 0 Å². The van der Waals surface area contributed by atoms with E-state index in [0.29, 0.717) is 5.41 Å². The fourth-order valence-corrected chi connectivity index (χ4v) is 2.85. The fraction of sp³-hybridized carbons (Fsp3) is 1.00. The molecule has 0 radical (unpaired) electrons. The standard InChI is InChI=1S/C14H29N/c1-3-4-5-6-7-8-10-14(13-15-2)11-9-12-14/h15H,3-13H2,1-2H3. The SMILES string of the molecule is CCCCCCCCC1(CNC)CCC1. The van der Waals surface area contributed by atoms with Crippen LogP contribution < -0.4 is 5.32 Å². The highest BCUT2D eigenvalue weighted by atomic mass is 14.8. The monoisotopic (exact) mass is 211 g/mol. The van der Waals surface area contributed by atoms with Gasteiger partial charge in [0.2, 0.25) is 0 Å². The molecule has 0 saturated heterocycles. The van der Waals surface area contributed by atoms with Crippen molar-refractivity contribution in [2.45, 2.75) is 71.1 Å². The molecule has 0 unspecified atom stereocenters. The van der Waals surface area contributed by atoms with Gasteiger partial charge in [0.05, 0.1) is 0 Å². The Kier molecular flexibility index (Phi) is 6.31. The molecule has 1 nitrogen and oxygen atoms in total. The number of rotatable bonds is 9. The van der Waals surface area contributed by atoms with Gasteiger partial charge in [-0.25, -0.2) is 0 Å². The minimum atomic E-state index is 0.708. The third-order valence-corrected chi connectivity index (χ3v) is 4.03. The van der Waals surface area contributed by atoms with Gasteiger partial charge < -0.3 is 5.32 Å². The highest BCUT2D eigenvalue weighted by Crippen LogP contribution is 2.44. The third-order valence-electron chi connectivity index (χ3n) is 4.03. The zero-order valence-corrected chi connectivity index (χ0v) is 10.8. The summed E-state index contributed by atoms with van der Waals surface area (Å²) in [5.41, 5.74) is 0.708. The summed E-state index contributed by atoms with van der Waals surface area (Å²) in [6, 6.07) is 0. The van der Waals surface area contributed by atoms with Crippen molar-refractivity contribution in [2.75, 3.05) is 13.6 Å². The van der Waals surface area contributed by atoms with Crippen LogP contribution in [0.3, 0.4) is 0 Å². The Labute approximate surface area is 96.0 Å². The summed E-state index contributed by atoms with van der Waals surface area (Å²) in [6.45, 7) is 3.54. The third kappa shape index (κ3) is 4.55. The summed E-state index contributed by atoms with van der Waals surface area (Å²) in [5.74, 6) is 0. The van der Waals surface area contributed by atoms with Crippen LogP contribution in [-0.4, -0.2) is 13.6 Å². The number of hydrogen-bond acceptors (Lipinski definition) is 1. The normalized spacial score (nSPS) is 18.8. The zero-order valence-electron chi connectivity index (χ0n) is 10.8. The molecular weight excluding hydrogens is 182 g/mol. The van der Waals surface area contributed by atoms with Gasteiger partial charge >= 0.3 is 0 Å². The zero-order chi connectivity index (χ0) is 11.0. The molecule has 15 heavy (non-hydrogen) atoms. The summed E-state index contributed by atoms with van der Waals surface area (Å²) >= 11 is 0. The van der Waals surface area contributed by atoms with E-state index in [2.05, 4.69) is 19.3 Å².